The van der Waals surface area contributed by atoms with Gasteiger partial charge in [0.25, 0.3) is 5.69 Å². The van der Waals surface area contributed by atoms with Gasteiger partial charge in [0.15, 0.2) is 5.41 Å². The summed E-state index contributed by atoms with van der Waals surface area (Å²) in [7, 11) is 0. The van der Waals surface area contributed by atoms with Crippen molar-refractivity contribution >= 4 is 29.2 Å². The van der Waals surface area contributed by atoms with Crippen molar-refractivity contribution in [3.05, 3.63) is 69.8 Å². The highest BCUT2D eigenvalue weighted by Gasteiger charge is 2.71. The molecule has 2 aromatic rings. The third kappa shape index (κ3) is 3.32. The summed E-state index contributed by atoms with van der Waals surface area (Å²) in [6.45, 7) is 6.63. The number of non-ortho nitro benzene ring substituents is 1. The molecular weight excluding hydrogens is 472 g/mol. The minimum absolute atomic E-state index is 0.00905. The number of nitrogens with zero attached hydrogens (tertiary/aromatic N) is 3. The molecule has 0 radical (unpaired) electrons. The summed E-state index contributed by atoms with van der Waals surface area (Å²) in [4.78, 5) is 55.9. The predicted molar refractivity (Wildman–Crippen MR) is 136 cm³/mol. The molecule has 0 aromatic heterocycles. The molecule has 2 aromatic carbocycles. The molecule has 9 nitrogen and oxygen atoms in total. The van der Waals surface area contributed by atoms with Crippen LogP contribution in [0.4, 0.5) is 16.2 Å². The van der Waals surface area contributed by atoms with Gasteiger partial charge in [0.1, 0.15) is 0 Å². The fourth-order valence-corrected chi connectivity index (χ4v) is 8.09. The van der Waals surface area contributed by atoms with Crippen LogP contribution in [-0.2, 0) is 22.6 Å². The van der Waals surface area contributed by atoms with Crippen LogP contribution in [0.2, 0.25) is 0 Å². The third-order valence-corrected chi connectivity index (χ3v) is 8.87. The van der Waals surface area contributed by atoms with Crippen molar-refractivity contribution in [1.82, 2.24) is 10.2 Å². The smallest absolute Gasteiger partial charge is 0.331 e. The largest absolute Gasteiger partial charge is 0.363 e. The Labute approximate surface area is 215 Å². The first kappa shape index (κ1) is 23.6. The van der Waals surface area contributed by atoms with Crippen molar-refractivity contribution in [3.63, 3.8) is 0 Å². The molecule has 1 aliphatic carbocycles. The van der Waals surface area contributed by atoms with Crippen molar-refractivity contribution < 1.29 is 19.3 Å². The molecule has 4 amide bonds. The van der Waals surface area contributed by atoms with E-state index in [1.165, 1.54) is 12.1 Å². The number of imide groups is 2. The standard InChI is InChI=1S/C28H30N4O5/c1-26(2)13-20-14-27(3,16-26)22-28(12-18-11-19(32(36)37)9-10-21(18)31(20)22)23(33)29-25(35)30(24(28)34)15-17-7-5-4-6-8-17/h4-11,20,22H,12-16H2,1-3H3,(H,29,33,35)/t20-,22-,27-,28-/m0/s1. The first-order valence-electron chi connectivity index (χ1n) is 12.7. The molecule has 192 valence electrons. The minimum Gasteiger partial charge on any atom is -0.363 e. The van der Waals surface area contributed by atoms with Gasteiger partial charge in [-0.25, -0.2) is 4.79 Å². The highest BCUT2D eigenvalue weighted by Crippen LogP contribution is 2.64. The Morgan fingerprint density at radius 1 is 1.05 bits per heavy atom. The number of rotatable bonds is 3. The minimum atomic E-state index is -1.57. The number of barbiturate groups is 1. The van der Waals surface area contributed by atoms with E-state index in [9.17, 15) is 24.5 Å². The summed E-state index contributed by atoms with van der Waals surface area (Å²) < 4.78 is 0. The number of hydrogen-bond donors (Lipinski definition) is 1. The molecule has 3 heterocycles. The zero-order valence-corrected chi connectivity index (χ0v) is 21.2. The van der Waals surface area contributed by atoms with Crippen molar-refractivity contribution in [3.8, 4) is 0 Å². The number of amides is 4. The van der Waals surface area contributed by atoms with Gasteiger partial charge in [-0.15, -0.1) is 0 Å². The lowest BCUT2D eigenvalue weighted by molar-refractivity contribution is -0.384. The van der Waals surface area contributed by atoms with Gasteiger partial charge in [0.2, 0.25) is 11.8 Å². The van der Waals surface area contributed by atoms with Gasteiger partial charge in [-0.3, -0.25) is 29.9 Å². The predicted octanol–water partition coefficient (Wildman–Crippen LogP) is 4.19. The van der Waals surface area contributed by atoms with Crippen molar-refractivity contribution in [2.24, 2.45) is 16.2 Å². The Balaban J connectivity index is 1.54. The van der Waals surface area contributed by atoms with Crippen LogP contribution >= 0.6 is 0 Å². The topological polar surface area (TPSA) is 113 Å². The number of fused-ring (bicyclic) bond motifs is 8. The van der Waals surface area contributed by atoms with Crippen molar-refractivity contribution in [1.29, 1.82) is 0 Å². The Kier molecular flexibility index (Phi) is 4.87. The zero-order chi connectivity index (χ0) is 26.3. The van der Waals surface area contributed by atoms with Crippen LogP contribution in [0.5, 0.6) is 0 Å². The maximum Gasteiger partial charge on any atom is 0.331 e. The van der Waals surface area contributed by atoms with Gasteiger partial charge in [-0.2, -0.15) is 0 Å². The second kappa shape index (κ2) is 7.63. The first-order valence-corrected chi connectivity index (χ1v) is 12.7. The van der Waals surface area contributed by atoms with E-state index in [0.717, 1.165) is 35.4 Å². The quantitative estimate of drug-likeness (QED) is 0.383. The summed E-state index contributed by atoms with van der Waals surface area (Å²) in [5.41, 5.74) is 0.188. The average molecular weight is 503 g/mol. The number of anilines is 1. The van der Waals surface area contributed by atoms with Crippen LogP contribution in [-0.4, -0.2) is 39.8 Å². The van der Waals surface area contributed by atoms with Crippen LogP contribution in [0.15, 0.2) is 48.5 Å². The van der Waals surface area contributed by atoms with Crippen LogP contribution in [0.3, 0.4) is 0 Å². The molecule has 37 heavy (non-hydrogen) atoms. The molecule has 3 fully saturated rings. The summed E-state index contributed by atoms with van der Waals surface area (Å²) in [6.07, 6.45) is 2.53. The lowest BCUT2D eigenvalue weighted by atomic mass is 9.56. The third-order valence-electron chi connectivity index (χ3n) is 8.87. The summed E-state index contributed by atoms with van der Waals surface area (Å²) in [5.74, 6) is -1.13. The van der Waals surface area contributed by atoms with Crippen LogP contribution in [0, 0.1) is 26.4 Å². The number of carbonyl (C=O) groups is 3. The van der Waals surface area contributed by atoms with Crippen LogP contribution in [0.25, 0.3) is 0 Å². The Morgan fingerprint density at radius 3 is 2.49 bits per heavy atom. The van der Waals surface area contributed by atoms with Gasteiger partial charge in [0.05, 0.1) is 17.5 Å². The monoisotopic (exact) mass is 502 g/mol. The van der Waals surface area contributed by atoms with Crippen LogP contribution < -0.4 is 10.2 Å². The van der Waals surface area contributed by atoms with Gasteiger partial charge in [-0.1, -0.05) is 51.1 Å². The molecule has 1 spiro atoms. The second-order valence-corrected chi connectivity index (χ2v) is 12.2. The molecule has 3 aliphatic heterocycles. The number of nitro benzene ring substituents is 1. The Hall–Kier alpha value is -3.75. The molecule has 4 aliphatic rings. The number of carbonyl (C=O) groups excluding carboxylic acids is 3. The molecule has 6 rings (SSSR count). The molecular formula is C28H30N4O5. The molecule has 1 N–H and O–H groups in total. The maximum atomic E-state index is 14.5. The Bertz CT molecular complexity index is 1360. The van der Waals surface area contributed by atoms with Gasteiger partial charge >= 0.3 is 6.03 Å². The summed E-state index contributed by atoms with van der Waals surface area (Å²) in [6, 6.07) is 12.8. The van der Waals surface area contributed by atoms with Gasteiger partial charge in [0, 0.05) is 30.3 Å². The van der Waals surface area contributed by atoms with E-state index < -0.39 is 34.2 Å². The lowest BCUT2D eigenvalue weighted by Gasteiger charge is -2.53. The van der Waals surface area contributed by atoms with Crippen molar-refractivity contribution in [2.45, 2.75) is 65.1 Å². The van der Waals surface area contributed by atoms with E-state index in [2.05, 4.69) is 31.0 Å². The normalized spacial score (nSPS) is 31.7. The van der Waals surface area contributed by atoms with E-state index in [4.69, 9.17) is 0 Å². The average Bonchev–Trinajstić information content (AvgIpc) is 3.06. The highest BCUT2D eigenvalue weighted by atomic mass is 16.6. The van der Waals surface area contributed by atoms with E-state index in [1.807, 2.05) is 30.3 Å². The van der Waals surface area contributed by atoms with E-state index in [0.29, 0.717) is 5.56 Å². The lowest BCUT2D eigenvalue weighted by Crippen LogP contribution is -2.73. The van der Waals surface area contributed by atoms with E-state index >= 15 is 0 Å². The fraction of sp³-hybridized carbons (Fsp3) is 0.464. The summed E-state index contributed by atoms with van der Waals surface area (Å²) >= 11 is 0. The second-order valence-electron chi connectivity index (χ2n) is 12.2. The number of benzene rings is 2. The SMILES string of the molecule is CC1(C)C[C@H]2C[C@@](C)(C1)[C@@H]1N2c2ccc([N+](=O)[O-])cc2C[C@@]12C(=O)NC(=O)N(Cc1ccccc1)C2=O. The fourth-order valence-electron chi connectivity index (χ4n) is 8.09. The van der Waals surface area contributed by atoms with Gasteiger partial charge in [-0.05, 0) is 47.3 Å². The number of nitro groups is 1. The molecule has 2 saturated heterocycles. The van der Waals surface area contributed by atoms with Gasteiger partial charge < -0.3 is 4.90 Å². The molecule has 1 saturated carbocycles. The zero-order valence-electron chi connectivity index (χ0n) is 21.2. The number of nitrogens with one attached hydrogen (secondary N) is 1. The van der Waals surface area contributed by atoms with Crippen LogP contribution in [0.1, 0.15) is 51.2 Å². The molecule has 0 unspecified atom stereocenters. The van der Waals surface area contributed by atoms with E-state index in [1.54, 1.807) is 6.07 Å². The number of urea groups is 1. The molecule has 2 bridgehead atoms. The highest BCUT2D eigenvalue weighted by molar-refractivity contribution is 6.20. The number of hydrogen-bond acceptors (Lipinski definition) is 6. The molecule has 4 atom stereocenters. The van der Waals surface area contributed by atoms with Crippen molar-refractivity contribution in [2.75, 3.05) is 4.90 Å². The van der Waals surface area contributed by atoms with E-state index in [-0.39, 0.29) is 35.5 Å². The first-order chi connectivity index (χ1) is 17.4. The summed E-state index contributed by atoms with van der Waals surface area (Å²) in [5, 5.41) is 14.1. The Morgan fingerprint density at radius 2 is 1.78 bits per heavy atom. The molecule has 9 heteroatoms. The maximum absolute atomic E-state index is 14.5.